The Hall–Kier alpha value is -2.03. The number of nitrogens with zero attached hydrogens (tertiary/aromatic N) is 1. The molecule has 0 spiro atoms. The van der Waals surface area contributed by atoms with Gasteiger partial charge in [0.05, 0.1) is 24.0 Å². The van der Waals surface area contributed by atoms with Gasteiger partial charge in [0.1, 0.15) is 0 Å². The number of hydrogen-bond donors (Lipinski definition) is 1. The average molecular weight is 243 g/mol. The third-order valence-corrected chi connectivity index (χ3v) is 2.22. The molecule has 3 nitrogen and oxygen atoms in total. The molecule has 0 saturated heterocycles. The highest BCUT2D eigenvalue weighted by molar-refractivity contribution is 5.68. The first kappa shape index (κ1) is 13.0. The maximum atomic E-state index is 12.6. The van der Waals surface area contributed by atoms with Crippen molar-refractivity contribution in [2.24, 2.45) is 0 Å². The predicted molar refractivity (Wildman–Crippen MR) is 52.2 cm³/mol. The molecule has 1 aromatic carbocycles. The van der Waals surface area contributed by atoms with Crippen LogP contribution in [-0.4, -0.2) is 17.3 Å². The van der Waals surface area contributed by atoms with Gasteiger partial charge in [-0.3, -0.25) is 4.79 Å². The number of carboxylic acid groups (broad SMARTS) is 1. The van der Waals surface area contributed by atoms with Crippen LogP contribution < -0.4 is 0 Å². The van der Waals surface area contributed by atoms with Gasteiger partial charge in [0, 0.05) is 0 Å². The molecule has 0 aliphatic carbocycles. The van der Waals surface area contributed by atoms with Crippen molar-refractivity contribution < 1.29 is 23.1 Å². The fourth-order valence-corrected chi connectivity index (χ4v) is 1.39. The number of halogens is 3. The predicted octanol–water partition coefficient (Wildman–Crippen LogP) is 2.68. The lowest BCUT2D eigenvalue weighted by Gasteiger charge is -2.18. The summed E-state index contributed by atoms with van der Waals surface area (Å²) in [4.78, 5) is 10.4. The molecule has 0 heterocycles. The molecular weight excluding hydrogens is 235 g/mol. The van der Waals surface area contributed by atoms with Crippen LogP contribution in [0.15, 0.2) is 24.3 Å². The van der Waals surface area contributed by atoms with Crippen LogP contribution in [0.4, 0.5) is 13.2 Å². The summed E-state index contributed by atoms with van der Waals surface area (Å²) >= 11 is 0. The van der Waals surface area contributed by atoms with Gasteiger partial charge in [-0.1, -0.05) is 12.1 Å². The Morgan fingerprint density at radius 1 is 1.35 bits per heavy atom. The monoisotopic (exact) mass is 243 g/mol. The molecule has 0 bridgehead atoms. The molecule has 0 fully saturated rings. The van der Waals surface area contributed by atoms with Crippen molar-refractivity contribution in [1.82, 2.24) is 0 Å². The van der Waals surface area contributed by atoms with E-state index in [4.69, 9.17) is 10.4 Å². The number of carbonyl (C=O) groups is 1. The highest BCUT2D eigenvalue weighted by atomic mass is 19.4. The Morgan fingerprint density at radius 3 is 2.24 bits per heavy atom. The molecule has 0 radical (unpaired) electrons. The number of benzene rings is 1. The normalized spacial score (nSPS) is 12.8. The van der Waals surface area contributed by atoms with Gasteiger partial charge in [-0.25, -0.2) is 0 Å². The maximum absolute atomic E-state index is 12.6. The third kappa shape index (κ3) is 3.48. The molecule has 0 amide bonds. The lowest BCUT2D eigenvalue weighted by atomic mass is 9.94. The van der Waals surface area contributed by atoms with Gasteiger partial charge in [-0.15, -0.1) is 0 Å². The summed E-state index contributed by atoms with van der Waals surface area (Å²) in [5.74, 6) is -3.57. The summed E-state index contributed by atoms with van der Waals surface area (Å²) in [6.45, 7) is 0. The molecule has 1 atom stereocenters. The Morgan fingerprint density at radius 2 is 1.88 bits per heavy atom. The number of hydrogen-bond acceptors (Lipinski definition) is 2. The van der Waals surface area contributed by atoms with Gasteiger partial charge < -0.3 is 5.11 Å². The second-order valence-electron chi connectivity index (χ2n) is 3.43. The Labute approximate surface area is 95.1 Å². The fourth-order valence-electron chi connectivity index (χ4n) is 1.39. The van der Waals surface area contributed by atoms with Crippen LogP contribution in [0.25, 0.3) is 0 Å². The highest BCUT2D eigenvalue weighted by Crippen LogP contribution is 2.37. The first-order valence-electron chi connectivity index (χ1n) is 4.63. The van der Waals surface area contributed by atoms with Crippen LogP contribution >= 0.6 is 0 Å². The van der Waals surface area contributed by atoms with Gasteiger partial charge in [-0.2, -0.15) is 18.4 Å². The van der Waals surface area contributed by atoms with Gasteiger partial charge >= 0.3 is 12.1 Å². The van der Waals surface area contributed by atoms with Crippen molar-refractivity contribution in [3.63, 3.8) is 0 Å². The summed E-state index contributed by atoms with van der Waals surface area (Å²) in [6.07, 6.45) is -5.64. The smallest absolute Gasteiger partial charge is 0.396 e. The minimum Gasteiger partial charge on any atom is -0.481 e. The lowest BCUT2D eigenvalue weighted by Crippen LogP contribution is -2.23. The molecule has 0 aliphatic heterocycles. The number of aliphatic carboxylic acids is 1. The van der Waals surface area contributed by atoms with Gasteiger partial charge in [0.2, 0.25) is 0 Å². The van der Waals surface area contributed by atoms with Crippen LogP contribution in [0.2, 0.25) is 0 Å². The zero-order valence-corrected chi connectivity index (χ0v) is 8.53. The number of nitriles is 1. The van der Waals surface area contributed by atoms with Crippen molar-refractivity contribution in [2.75, 3.05) is 0 Å². The van der Waals surface area contributed by atoms with Crippen molar-refractivity contribution in [3.05, 3.63) is 35.4 Å². The van der Waals surface area contributed by atoms with E-state index in [1.54, 1.807) is 6.07 Å². The van der Waals surface area contributed by atoms with Crippen molar-refractivity contribution in [3.8, 4) is 6.07 Å². The molecule has 1 rings (SSSR count). The third-order valence-electron chi connectivity index (χ3n) is 2.22. The van der Waals surface area contributed by atoms with Crippen LogP contribution in [0.1, 0.15) is 23.5 Å². The van der Waals surface area contributed by atoms with E-state index >= 15 is 0 Å². The van der Waals surface area contributed by atoms with E-state index in [1.807, 2.05) is 0 Å². The summed E-state index contributed by atoms with van der Waals surface area (Å²) in [6, 6.07) is 6.49. The van der Waals surface area contributed by atoms with Gasteiger partial charge in [-0.05, 0) is 17.7 Å². The molecule has 1 N–H and O–H groups in total. The SMILES string of the molecule is N#Cc1ccc(C(CC(=O)O)C(F)(F)F)cc1. The van der Waals surface area contributed by atoms with E-state index in [-0.39, 0.29) is 11.1 Å². The lowest BCUT2D eigenvalue weighted by molar-refractivity contribution is -0.163. The number of carboxylic acids is 1. The van der Waals surface area contributed by atoms with E-state index in [2.05, 4.69) is 0 Å². The molecule has 0 aromatic heterocycles. The van der Waals surface area contributed by atoms with Crippen LogP contribution in [0.3, 0.4) is 0 Å². The van der Waals surface area contributed by atoms with Crippen molar-refractivity contribution >= 4 is 5.97 Å². The van der Waals surface area contributed by atoms with Crippen LogP contribution in [-0.2, 0) is 4.79 Å². The average Bonchev–Trinajstić information content (AvgIpc) is 2.24. The Balaban J connectivity index is 3.05. The summed E-state index contributed by atoms with van der Waals surface area (Å²) in [7, 11) is 0. The fraction of sp³-hybridized carbons (Fsp3) is 0.273. The molecule has 6 heteroatoms. The van der Waals surface area contributed by atoms with Crippen LogP contribution in [0.5, 0.6) is 0 Å². The Bertz CT molecular complexity index is 445. The molecule has 1 unspecified atom stereocenters. The molecule has 1 aromatic rings. The van der Waals surface area contributed by atoms with E-state index in [0.717, 1.165) is 12.1 Å². The van der Waals surface area contributed by atoms with E-state index in [9.17, 15) is 18.0 Å². The first-order chi connectivity index (χ1) is 7.84. The minimum atomic E-state index is -4.62. The second-order valence-corrected chi connectivity index (χ2v) is 3.43. The summed E-state index contributed by atoms with van der Waals surface area (Å²) in [5, 5.41) is 17.0. The van der Waals surface area contributed by atoms with Crippen molar-refractivity contribution in [1.29, 1.82) is 5.26 Å². The second kappa shape index (κ2) is 4.87. The molecule has 0 aliphatic rings. The highest BCUT2D eigenvalue weighted by Gasteiger charge is 2.41. The minimum absolute atomic E-state index is 0.154. The van der Waals surface area contributed by atoms with E-state index < -0.39 is 24.5 Å². The summed E-state index contributed by atoms with van der Waals surface area (Å²) in [5.41, 5.74) is 0.0731. The molecule has 90 valence electrons. The largest absolute Gasteiger partial charge is 0.481 e. The summed E-state index contributed by atoms with van der Waals surface area (Å²) < 4.78 is 37.9. The topological polar surface area (TPSA) is 61.1 Å². The first-order valence-corrected chi connectivity index (χ1v) is 4.63. The number of alkyl halides is 3. The quantitative estimate of drug-likeness (QED) is 0.887. The van der Waals surface area contributed by atoms with Crippen molar-refractivity contribution in [2.45, 2.75) is 18.5 Å². The standard InChI is InChI=1S/C11H8F3NO2/c12-11(13,14)9(5-10(16)17)8-3-1-7(6-15)2-4-8/h1-4,9H,5H2,(H,16,17). The van der Waals surface area contributed by atoms with Gasteiger partial charge in [0.25, 0.3) is 0 Å². The zero-order valence-electron chi connectivity index (χ0n) is 8.53. The maximum Gasteiger partial charge on any atom is 0.396 e. The molecular formula is C11H8F3NO2. The molecule has 0 saturated carbocycles. The Kier molecular flexibility index (Phi) is 3.73. The van der Waals surface area contributed by atoms with E-state index in [0.29, 0.717) is 0 Å². The van der Waals surface area contributed by atoms with E-state index in [1.165, 1.54) is 12.1 Å². The number of rotatable bonds is 3. The zero-order chi connectivity index (χ0) is 13.1. The molecule has 17 heavy (non-hydrogen) atoms. The van der Waals surface area contributed by atoms with Crippen LogP contribution in [0, 0.1) is 11.3 Å². The van der Waals surface area contributed by atoms with Gasteiger partial charge in [0.15, 0.2) is 0 Å².